The molecule has 7 nitrogen and oxygen atoms in total. The number of carbonyl (C=O) groups excluding carboxylic acids is 2. The molecular formula is C17H16N2O5. The molecule has 1 amide bonds. The quantitative estimate of drug-likeness (QED) is 0.476. The summed E-state index contributed by atoms with van der Waals surface area (Å²) < 4.78 is 5.03. The zero-order valence-electron chi connectivity index (χ0n) is 12.8. The highest BCUT2D eigenvalue weighted by atomic mass is 16.6. The number of nitro benzene ring substituents is 1. The lowest BCUT2D eigenvalue weighted by Gasteiger charge is -2.07. The summed E-state index contributed by atoms with van der Waals surface area (Å²) in [5.74, 6) is -1.06. The fourth-order valence-electron chi connectivity index (χ4n) is 2.03. The lowest BCUT2D eigenvalue weighted by atomic mass is 10.1. The summed E-state index contributed by atoms with van der Waals surface area (Å²) in [6.07, 6.45) is -0.177. The summed E-state index contributed by atoms with van der Waals surface area (Å²) in [4.78, 5) is 33.8. The van der Waals surface area contributed by atoms with E-state index in [9.17, 15) is 19.7 Å². The molecule has 7 heteroatoms. The van der Waals surface area contributed by atoms with Crippen LogP contribution in [0.5, 0.6) is 0 Å². The van der Waals surface area contributed by atoms with Gasteiger partial charge in [-0.2, -0.15) is 0 Å². The molecule has 2 rings (SSSR count). The molecule has 0 fully saturated rings. The Morgan fingerprint density at radius 2 is 1.71 bits per heavy atom. The van der Waals surface area contributed by atoms with E-state index < -0.39 is 16.8 Å². The normalized spacial score (nSPS) is 10.0. The Balaban J connectivity index is 1.79. The van der Waals surface area contributed by atoms with E-state index in [1.807, 2.05) is 30.3 Å². The van der Waals surface area contributed by atoms with Crippen molar-refractivity contribution >= 4 is 17.6 Å². The highest BCUT2D eigenvalue weighted by Crippen LogP contribution is 2.17. The van der Waals surface area contributed by atoms with E-state index in [0.29, 0.717) is 0 Å². The number of nitrogens with one attached hydrogen (secondary N) is 1. The number of nitrogens with zero attached hydrogens (tertiary/aromatic N) is 1. The predicted molar refractivity (Wildman–Crippen MR) is 86.0 cm³/mol. The predicted octanol–water partition coefficient (Wildman–Crippen LogP) is 2.00. The molecule has 0 bridgehead atoms. The number of hydrogen-bond donors (Lipinski definition) is 1. The van der Waals surface area contributed by atoms with Crippen molar-refractivity contribution < 1.29 is 19.2 Å². The van der Waals surface area contributed by atoms with Gasteiger partial charge < -0.3 is 10.1 Å². The molecule has 0 unspecified atom stereocenters. The summed E-state index contributed by atoms with van der Waals surface area (Å²) in [6.45, 7) is -0.161. The topological polar surface area (TPSA) is 98.5 Å². The Morgan fingerprint density at radius 3 is 2.42 bits per heavy atom. The molecule has 1 N–H and O–H groups in total. The van der Waals surface area contributed by atoms with Gasteiger partial charge in [0.1, 0.15) is 13.2 Å². The molecule has 0 aliphatic carbocycles. The van der Waals surface area contributed by atoms with Gasteiger partial charge in [-0.1, -0.05) is 48.5 Å². The van der Waals surface area contributed by atoms with E-state index in [1.54, 1.807) is 6.07 Å². The molecule has 0 aromatic heterocycles. The molecule has 0 heterocycles. The molecule has 24 heavy (non-hydrogen) atoms. The van der Waals surface area contributed by atoms with E-state index >= 15 is 0 Å². The number of nitro groups is 1. The van der Waals surface area contributed by atoms with Crippen LogP contribution in [0, 0.1) is 10.1 Å². The first kappa shape index (κ1) is 17.1. The molecule has 124 valence electrons. The van der Waals surface area contributed by atoms with Crippen LogP contribution in [0.2, 0.25) is 0 Å². The summed E-state index contributed by atoms with van der Waals surface area (Å²) in [5.41, 5.74) is 1.01. The maximum absolute atomic E-state index is 11.8. The first-order valence-corrected chi connectivity index (χ1v) is 7.25. The summed E-state index contributed by atoms with van der Waals surface area (Å²) in [7, 11) is 0. The molecule has 0 aliphatic heterocycles. The second kappa shape index (κ2) is 8.42. The number of para-hydroxylation sites is 1. The maximum atomic E-state index is 11.8. The molecule has 0 spiro atoms. The van der Waals surface area contributed by atoms with Crippen molar-refractivity contribution in [3.63, 3.8) is 0 Å². The van der Waals surface area contributed by atoms with Crippen molar-refractivity contribution in [2.75, 3.05) is 6.54 Å². The lowest BCUT2D eigenvalue weighted by molar-refractivity contribution is -0.385. The zero-order chi connectivity index (χ0) is 17.4. The van der Waals surface area contributed by atoms with E-state index in [1.165, 1.54) is 18.2 Å². The van der Waals surface area contributed by atoms with Gasteiger partial charge in [0, 0.05) is 11.6 Å². The van der Waals surface area contributed by atoms with Crippen LogP contribution < -0.4 is 5.32 Å². The number of amides is 1. The van der Waals surface area contributed by atoms with Gasteiger partial charge in [0.25, 0.3) is 5.69 Å². The summed E-state index contributed by atoms with van der Waals surface area (Å²) >= 11 is 0. The first-order chi connectivity index (χ1) is 11.6. The van der Waals surface area contributed by atoms with Gasteiger partial charge in [0.05, 0.1) is 11.3 Å². The van der Waals surface area contributed by atoms with Crippen LogP contribution in [0.25, 0.3) is 0 Å². The number of rotatable bonds is 7. The molecule has 0 atom stereocenters. The van der Waals surface area contributed by atoms with Gasteiger partial charge in [-0.15, -0.1) is 0 Å². The van der Waals surface area contributed by atoms with Crippen LogP contribution >= 0.6 is 0 Å². The smallest absolute Gasteiger partial charge is 0.325 e. The van der Waals surface area contributed by atoms with Gasteiger partial charge in [0.2, 0.25) is 5.91 Å². The fourth-order valence-corrected chi connectivity index (χ4v) is 2.03. The van der Waals surface area contributed by atoms with Crippen molar-refractivity contribution in [3.05, 3.63) is 75.8 Å². The second-order valence-electron chi connectivity index (χ2n) is 4.99. The van der Waals surface area contributed by atoms with Gasteiger partial charge in [-0.3, -0.25) is 19.7 Å². The number of benzene rings is 2. The average Bonchev–Trinajstić information content (AvgIpc) is 2.59. The Kier molecular flexibility index (Phi) is 6.01. The third-order valence-electron chi connectivity index (χ3n) is 3.21. The minimum atomic E-state index is -0.574. The Morgan fingerprint density at radius 1 is 1.04 bits per heavy atom. The van der Waals surface area contributed by atoms with Crippen molar-refractivity contribution in [3.8, 4) is 0 Å². The highest BCUT2D eigenvalue weighted by Gasteiger charge is 2.16. The zero-order valence-corrected chi connectivity index (χ0v) is 12.8. The number of esters is 1. The molecule has 2 aromatic carbocycles. The molecular weight excluding hydrogens is 312 g/mol. The van der Waals surface area contributed by atoms with E-state index in [4.69, 9.17) is 4.74 Å². The summed E-state index contributed by atoms with van der Waals surface area (Å²) in [6, 6.07) is 15.1. The fraction of sp³-hybridized carbons (Fsp3) is 0.176. The van der Waals surface area contributed by atoms with Crippen molar-refractivity contribution in [2.24, 2.45) is 0 Å². The minimum Gasteiger partial charge on any atom is -0.460 e. The van der Waals surface area contributed by atoms with Crippen LogP contribution in [0.3, 0.4) is 0 Å². The third-order valence-corrected chi connectivity index (χ3v) is 3.21. The van der Waals surface area contributed by atoms with Crippen LogP contribution in [0.4, 0.5) is 5.69 Å². The van der Waals surface area contributed by atoms with Crippen LogP contribution in [0.15, 0.2) is 54.6 Å². The van der Waals surface area contributed by atoms with Gasteiger partial charge in [-0.25, -0.2) is 0 Å². The average molecular weight is 328 g/mol. The number of ether oxygens (including phenoxy) is 1. The molecule has 0 radical (unpaired) electrons. The van der Waals surface area contributed by atoms with Crippen LogP contribution in [0.1, 0.15) is 11.1 Å². The monoisotopic (exact) mass is 328 g/mol. The van der Waals surface area contributed by atoms with E-state index in [2.05, 4.69) is 5.32 Å². The second-order valence-corrected chi connectivity index (χ2v) is 4.99. The minimum absolute atomic E-state index is 0.125. The Bertz CT molecular complexity index is 731. The standard InChI is InChI=1S/C17H16N2O5/c20-16(10-14-8-4-5-9-15(14)19(22)23)18-11-17(21)24-12-13-6-2-1-3-7-13/h1-9H,10-12H2,(H,18,20). The van der Waals surface area contributed by atoms with Gasteiger partial charge in [0.15, 0.2) is 0 Å². The van der Waals surface area contributed by atoms with E-state index in [-0.39, 0.29) is 30.8 Å². The molecule has 0 saturated heterocycles. The summed E-state index contributed by atoms with van der Waals surface area (Å²) in [5, 5.41) is 13.3. The molecule has 0 saturated carbocycles. The number of hydrogen-bond acceptors (Lipinski definition) is 5. The largest absolute Gasteiger partial charge is 0.460 e. The van der Waals surface area contributed by atoms with Crippen LogP contribution in [-0.4, -0.2) is 23.3 Å². The lowest BCUT2D eigenvalue weighted by Crippen LogP contribution is -2.31. The van der Waals surface area contributed by atoms with E-state index in [0.717, 1.165) is 5.56 Å². The maximum Gasteiger partial charge on any atom is 0.325 e. The SMILES string of the molecule is O=C(Cc1ccccc1[N+](=O)[O-])NCC(=O)OCc1ccccc1. The molecule has 0 aliphatic rings. The number of carbonyl (C=O) groups is 2. The van der Waals surface area contributed by atoms with Crippen molar-refractivity contribution in [1.29, 1.82) is 0 Å². The van der Waals surface area contributed by atoms with Gasteiger partial charge in [-0.05, 0) is 5.56 Å². The highest BCUT2D eigenvalue weighted by molar-refractivity contribution is 5.84. The van der Waals surface area contributed by atoms with Crippen molar-refractivity contribution in [2.45, 2.75) is 13.0 Å². The van der Waals surface area contributed by atoms with Gasteiger partial charge >= 0.3 is 5.97 Å². The molecule has 2 aromatic rings. The third kappa shape index (κ3) is 5.20. The Labute approximate surface area is 138 Å². The van der Waals surface area contributed by atoms with Crippen LogP contribution in [-0.2, 0) is 27.4 Å². The first-order valence-electron chi connectivity index (χ1n) is 7.25. The van der Waals surface area contributed by atoms with Crippen molar-refractivity contribution in [1.82, 2.24) is 5.32 Å². The Hall–Kier alpha value is -3.22.